The number of piperidine rings is 2. The molecule has 6 rings (SSSR count). The highest BCUT2D eigenvalue weighted by atomic mass is 16.2. The molecule has 2 heterocycles. The van der Waals surface area contributed by atoms with Gasteiger partial charge in [-0.15, -0.1) is 0 Å². The van der Waals surface area contributed by atoms with Crippen molar-refractivity contribution in [2.45, 2.75) is 50.6 Å². The minimum absolute atomic E-state index is 0.121. The molecule has 0 bridgehead atoms. The fourth-order valence-electron chi connectivity index (χ4n) is 5.94. The molecule has 3 aromatic rings. The lowest BCUT2D eigenvalue weighted by atomic mass is 9.92. The molecule has 1 aliphatic carbocycles. The van der Waals surface area contributed by atoms with Crippen LogP contribution in [0.25, 0.3) is 21.5 Å². The summed E-state index contributed by atoms with van der Waals surface area (Å²) in [6, 6.07) is 19.5. The lowest BCUT2D eigenvalue weighted by Crippen LogP contribution is -2.51. The molecule has 34 heavy (non-hydrogen) atoms. The Hall–Kier alpha value is -2.92. The Balaban J connectivity index is 1.17. The number of likely N-dealkylation sites (tertiary alicyclic amines) is 2. The van der Waals surface area contributed by atoms with Gasteiger partial charge < -0.3 is 10.2 Å². The summed E-state index contributed by atoms with van der Waals surface area (Å²) < 4.78 is 0. The van der Waals surface area contributed by atoms with E-state index in [1.165, 1.54) is 0 Å². The van der Waals surface area contributed by atoms with E-state index in [-0.39, 0.29) is 17.7 Å². The van der Waals surface area contributed by atoms with Crippen LogP contribution in [0, 0.1) is 5.92 Å². The zero-order valence-electron chi connectivity index (χ0n) is 19.7. The van der Waals surface area contributed by atoms with Crippen LogP contribution in [-0.4, -0.2) is 59.9 Å². The molecule has 2 amide bonds. The topological polar surface area (TPSA) is 52.7 Å². The third-order valence-electron chi connectivity index (χ3n) is 8.00. The van der Waals surface area contributed by atoms with E-state index in [2.05, 4.69) is 40.5 Å². The van der Waals surface area contributed by atoms with Crippen LogP contribution >= 0.6 is 0 Å². The van der Waals surface area contributed by atoms with Gasteiger partial charge in [0, 0.05) is 31.7 Å². The molecule has 2 aliphatic heterocycles. The van der Waals surface area contributed by atoms with E-state index in [0.717, 1.165) is 91.8 Å². The van der Waals surface area contributed by atoms with Crippen LogP contribution in [0.2, 0.25) is 0 Å². The second-order valence-electron chi connectivity index (χ2n) is 10.3. The Morgan fingerprint density at radius 1 is 0.794 bits per heavy atom. The third kappa shape index (κ3) is 4.18. The molecular formula is C29H33N3O2. The molecule has 2 saturated heterocycles. The molecule has 1 N–H and O–H groups in total. The highest BCUT2D eigenvalue weighted by molar-refractivity contribution is 6.18. The maximum absolute atomic E-state index is 13.8. The van der Waals surface area contributed by atoms with Crippen LogP contribution in [0.15, 0.2) is 54.6 Å². The van der Waals surface area contributed by atoms with E-state index >= 15 is 0 Å². The highest BCUT2D eigenvalue weighted by Crippen LogP contribution is 2.31. The van der Waals surface area contributed by atoms with Gasteiger partial charge in [0.15, 0.2) is 0 Å². The molecule has 3 fully saturated rings. The van der Waals surface area contributed by atoms with Gasteiger partial charge in [0.25, 0.3) is 5.91 Å². The minimum Gasteiger partial charge on any atom is -0.353 e. The Bertz CT molecular complexity index is 1170. The second kappa shape index (κ2) is 9.03. The average Bonchev–Trinajstić information content (AvgIpc) is 3.71. The molecule has 176 valence electrons. The van der Waals surface area contributed by atoms with E-state index in [4.69, 9.17) is 0 Å². The second-order valence-corrected chi connectivity index (χ2v) is 10.3. The maximum atomic E-state index is 13.8. The Morgan fingerprint density at radius 3 is 2.09 bits per heavy atom. The van der Waals surface area contributed by atoms with Gasteiger partial charge in [-0.05, 0) is 72.7 Å². The Labute approximate surface area is 201 Å². The summed E-state index contributed by atoms with van der Waals surface area (Å²) in [6.07, 6.45) is 6.32. The lowest BCUT2D eigenvalue weighted by Gasteiger charge is -2.42. The van der Waals surface area contributed by atoms with Crippen molar-refractivity contribution in [1.82, 2.24) is 15.1 Å². The molecule has 0 spiro atoms. The molecule has 1 atom stereocenters. The fourth-order valence-corrected chi connectivity index (χ4v) is 5.94. The summed E-state index contributed by atoms with van der Waals surface area (Å²) in [6.45, 7) is 3.48. The predicted octanol–water partition coefficient (Wildman–Crippen LogP) is 4.59. The zero-order chi connectivity index (χ0) is 23.1. The van der Waals surface area contributed by atoms with E-state index in [1.807, 2.05) is 29.2 Å². The van der Waals surface area contributed by atoms with Crippen LogP contribution in [0.3, 0.4) is 0 Å². The van der Waals surface area contributed by atoms with E-state index in [9.17, 15) is 9.59 Å². The number of hydrogen-bond donors (Lipinski definition) is 1. The van der Waals surface area contributed by atoms with Crippen molar-refractivity contribution in [3.8, 4) is 0 Å². The fraction of sp³-hybridized carbons (Fsp3) is 0.448. The van der Waals surface area contributed by atoms with Gasteiger partial charge in [-0.2, -0.15) is 0 Å². The van der Waals surface area contributed by atoms with Crippen molar-refractivity contribution < 1.29 is 9.59 Å². The van der Waals surface area contributed by atoms with Crippen LogP contribution < -0.4 is 5.32 Å². The smallest absolute Gasteiger partial charge is 0.255 e. The van der Waals surface area contributed by atoms with E-state index in [1.54, 1.807) is 0 Å². The van der Waals surface area contributed by atoms with Crippen LogP contribution in [0.4, 0.5) is 0 Å². The van der Waals surface area contributed by atoms with Gasteiger partial charge in [-0.3, -0.25) is 14.5 Å². The van der Waals surface area contributed by atoms with Crippen LogP contribution in [-0.2, 0) is 4.79 Å². The summed E-state index contributed by atoms with van der Waals surface area (Å²) in [5.41, 5.74) is 0.835. The first kappa shape index (κ1) is 21.6. The summed E-state index contributed by atoms with van der Waals surface area (Å²) in [5.74, 6) is 0.519. The summed E-state index contributed by atoms with van der Waals surface area (Å²) in [7, 11) is 0. The van der Waals surface area contributed by atoms with Gasteiger partial charge in [0.1, 0.15) is 0 Å². The number of rotatable bonds is 4. The van der Waals surface area contributed by atoms with Crippen molar-refractivity contribution in [1.29, 1.82) is 0 Å². The van der Waals surface area contributed by atoms with Gasteiger partial charge in [0.05, 0.1) is 11.5 Å². The van der Waals surface area contributed by atoms with Crippen LogP contribution in [0.5, 0.6) is 0 Å². The van der Waals surface area contributed by atoms with Gasteiger partial charge >= 0.3 is 0 Å². The van der Waals surface area contributed by atoms with Crippen molar-refractivity contribution in [2.75, 3.05) is 26.2 Å². The number of nitrogens with zero attached hydrogens (tertiary/aromatic N) is 2. The number of nitrogens with one attached hydrogen (secondary N) is 1. The largest absolute Gasteiger partial charge is 0.353 e. The predicted molar refractivity (Wildman–Crippen MR) is 136 cm³/mol. The number of amides is 2. The lowest BCUT2D eigenvalue weighted by molar-refractivity contribution is -0.127. The highest BCUT2D eigenvalue weighted by Gasteiger charge is 2.34. The monoisotopic (exact) mass is 455 g/mol. The minimum atomic E-state index is 0.121. The Kier molecular flexibility index (Phi) is 5.74. The standard InChI is InChI=1S/C29H33N3O2/c33-28(30-23-11-12-23)22-8-5-15-32(19-22)24-13-16-31(17-14-24)29(34)27-25-9-3-1-6-20(25)18-21-7-2-4-10-26(21)27/h1-4,6-7,9-10,18,22-24H,5,8,11-17,19H2,(H,30,33). The van der Waals surface area contributed by atoms with Gasteiger partial charge in [-0.25, -0.2) is 0 Å². The van der Waals surface area contributed by atoms with Gasteiger partial charge in [-0.1, -0.05) is 48.5 Å². The van der Waals surface area contributed by atoms with Crippen molar-refractivity contribution in [3.63, 3.8) is 0 Å². The van der Waals surface area contributed by atoms with Crippen LogP contribution in [0.1, 0.15) is 48.9 Å². The van der Waals surface area contributed by atoms with Crippen molar-refractivity contribution >= 4 is 33.4 Å². The van der Waals surface area contributed by atoms with E-state index in [0.29, 0.717) is 12.1 Å². The number of hydrogen-bond acceptors (Lipinski definition) is 3. The average molecular weight is 456 g/mol. The summed E-state index contributed by atoms with van der Waals surface area (Å²) in [4.78, 5) is 31.0. The molecular weight excluding hydrogens is 422 g/mol. The van der Waals surface area contributed by atoms with Crippen molar-refractivity contribution in [2.24, 2.45) is 5.92 Å². The Morgan fingerprint density at radius 2 is 1.44 bits per heavy atom. The zero-order valence-corrected chi connectivity index (χ0v) is 19.7. The number of fused-ring (bicyclic) bond motifs is 2. The first-order chi connectivity index (χ1) is 16.7. The van der Waals surface area contributed by atoms with Gasteiger partial charge in [0.2, 0.25) is 5.91 Å². The summed E-state index contributed by atoms with van der Waals surface area (Å²) >= 11 is 0. The van der Waals surface area contributed by atoms with E-state index < -0.39 is 0 Å². The molecule has 3 aliphatic rings. The molecule has 5 heteroatoms. The molecule has 3 aromatic carbocycles. The third-order valence-corrected chi connectivity index (χ3v) is 8.00. The summed E-state index contributed by atoms with van der Waals surface area (Å²) in [5, 5.41) is 7.50. The molecule has 5 nitrogen and oxygen atoms in total. The number of carbonyl (C=O) groups is 2. The number of benzene rings is 3. The SMILES string of the molecule is O=C(NC1CC1)C1CCCN(C2CCN(C(=O)c3c4ccccc4cc4ccccc34)CC2)C1. The molecule has 1 unspecified atom stereocenters. The first-order valence-corrected chi connectivity index (χ1v) is 12.9. The normalized spacial score (nSPS) is 22.2. The molecule has 0 aromatic heterocycles. The first-order valence-electron chi connectivity index (χ1n) is 12.9. The number of carbonyl (C=O) groups excluding carboxylic acids is 2. The quantitative estimate of drug-likeness (QED) is 0.586. The molecule has 1 saturated carbocycles. The molecule has 0 radical (unpaired) electrons. The maximum Gasteiger partial charge on any atom is 0.255 e. The van der Waals surface area contributed by atoms with Crippen molar-refractivity contribution in [3.05, 3.63) is 60.2 Å².